The normalized spacial score (nSPS) is 22.8. The van der Waals surface area contributed by atoms with Crippen molar-refractivity contribution < 1.29 is 4.79 Å². The highest BCUT2D eigenvalue weighted by Crippen LogP contribution is 2.28. The summed E-state index contributed by atoms with van der Waals surface area (Å²) in [5.74, 6) is 1.67. The molecule has 104 valence electrons. The molecule has 1 amide bonds. The van der Waals surface area contributed by atoms with Crippen LogP contribution in [0, 0.1) is 11.8 Å². The van der Waals surface area contributed by atoms with Crippen molar-refractivity contribution in [1.82, 2.24) is 5.32 Å². The Morgan fingerprint density at radius 2 is 1.79 bits per heavy atom. The molecule has 0 atom stereocenters. The van der Waals surface area contributed by atoms with Crippen molar-refractivity contribution in [3.8, 4) is 0 Å². The van der Waals surface area contributed by atoms with Crippen molar-refractivity contribution in [1.29, 1.82) is 0 Å². The monoisotopic (exact) mass is 260 g/mol. The van der Waals surface area contributed by atoms with Crippen LogP contribution < -0.4 is 10.6 Å². The average Bonchev–Trinajstić information content (AvgIpc) is 2.46. The summed E-state index contributed by atoms with van der Waals surface area (Å²) in [5, 5.41) is 6.11. The van der Waals surface area contributed by atoms with Crippen LogP contribution in [-0.2, 0) is 0 Å². The van der Waals surface area contributed by atoms with Gasteiger partial charge in [-0.15, -0.1) is 0 Å². The molecule has 0 aliphatic heterocycles. The molecule has 0 spiro atoms. The predicted molar refractivity (Wildman–Crippen MR) is 79.4 cm³/mol. The second kappa shape index (κ2) is 6.60. The summed E-state index contributed by atoms with van der Waals surface area (Å²) in [7, 11) is 1.65. The minimum absolute atomic E-state index is 0.0344. The smallest absolute Gasteiger partial charge is 0.251 e. The van der Waals surface area contributed by atoms with Crippen LogP contribution in [0.2, 0.25) is 0 Å². The van der Waals surface area contributed by atoms with Crippen molar-refractivity contribution in [3.05, 3.63) is 29.8 Å². The third-order valence-corrected chi connectivity index (χ3v) is 4.10. The van der Waals surface area contributed by atoms with Crippen LogP contribution in [0.4, 0.5) is 5.69 Å². The minimum atomic E-state index is -0.0344. The first-order valence-corrected chi connectivity index (χ1v) is 7.25. The van der Waals surface area contributed by atoms with E-state index < -0.39 is 0 Å². The molecule has 1 aromatic carbocycles. The van der Waals surface area contributed by atoms with Crippen LogP contribution in [0.15, 0.2) is 24.3 Å². The van der Waals surface area contributed by atoms with E-state index in [0.717, 1.165) is 24.1 Å². The Labute approximate surface area is 115 Å². The van der Waals surface area contributed by atoms with Gasteiger partial charge < -0.3 is 10.6 Å². The number of amides is 1. The average molecular weight is 260 g/mol. The van der Waals surface area contributed by atoms with Gasteiger partial charge in [-0.2, -0.15) is 0 Å². The van der Waals surface area contributed by atoms with E-state index in [1.807, 2.05) is 24.3 Å². The molecule has 1 aromatic rings. The Morgan fingerprint density at radius 3 is 2.37 bits per heavy atom. The molecule has 3 heteroatoms. The van der Waals surface area contributed by atoms with Crippen LogP contribution in [0.25, 0.3) is 0 Å². The Kier molecular flexibility index (Phi) is 4.83. The molecule has 1 aliphatic rings. The van der Waals surface area contributed by atoms with E-state index in [1.165, 1.54) is 25.7 Å². The number of rotatable bonds is 4. The van der Waals surface area contributed by atoms with Crippen LogP contribution in [0.3, 0.4) is 0 Å². The number of anilines is 1. The highest BCUT2D eigenvalue weighted by Gasteiger charge is 2.17. The fraction of sp³-hybridized carbons (Fsp3) is 0.562. The zero-order valence-corrected chi connectivity index (χ0v) is 11.9. The van der Waals surface area contributed by atoms with Gasteiger partial charge in [-0.25, -0.2) is 0 Å². The lowest BCUT2D eigenvalue weighted by Gasteiger charge is -2.26. The molecule has 19 heavy (non-hydrogen) atoms. The first-order valence-electron chi connectivity index (χ1n) is 7.25. The van der Waals surface area contributed by atoms with E-state index in [2.05, 4.69) is 17.6 Å². The van der Waals surface area contributed by atoms with Crippen molar-refractivity contribution in [2.24, 2.45) is 11.8 Å². The van der Waals surface area contributed by atoms with Crippen LogP contribution in [0.5, 0.6) is 0 Å². The molecule has 0 aromatic heterocycles. The Morgan fingerprint density at radius 1 is 1.16 bits per heavy atom. The molecule has 2 N–H and O–H groups in total. The Bertz CT molecular complexity index is 405. The molecular weight excluding hydrogens is 236 g/mol. The van der Waals surface area contributed by atoms with Gasteiger partial charge >= 0.3 is 0 Å². The van der Waals surface area contributed by atoms with Crippen molar-refractivity contribution in [3.63, 3.8) is 0 Å². The van der Waals surface area contributed by atoms with E-state index in [0.29, 0.717) is 5.56 Å². The molecule has 3 nitrogen and oxygen atoms in total. The second-order valence-corrected chi connectivity index (χ2v) is 5.66. The van der Waals surface area contributed by atoms with Gasteiger partial charge in [0.2, 0.25) is 0 Å². The molecule has 1 saturated carbocycles. The zero-order valence-electron chi connectivity index (χ0n) is 11.9. The van der Waals surface area contributed by atoms with Crippen LogP contribution >= 0.6 is 0 Å². The highest BCUT2D eigenvalue weighted by molar-refractivity contribution is 5.94. The number of hydrogen-bond donors (Lipinski definition) is 2. The van der Waals surface area contributed by atoms with Gasteiger partial charge in [0.15, 0.2) is 0 Å². The molecule has 0 radical (unpaired) electrons. The molecule has 0 heterocycles. The maximum absolute atomic E-state index is 11.4. The topological polar surface area (TPSA) is 41.1 Å². The third kappa shape index (κ3) is 3.98. The Hall–Kier alpha value is -1.51. The fourth-order valence-corrected chi connectivity index (χ4v) is 2.68. The van der Waals surface area contributed by atoms with Gasteiger partial charge in [0.05, 0.1) is 0 Å². The van der Waals surface area contributed by atoms with Gasteiger partial charge in [-0.1, -0.05) is 19.8 Å². The fourth-order valence-electron chi connectivity index (χ4n) is 2.68. The summed E-state index contributed by atoms with van der Waals surface area (Å²) in [5.41, 5.74) is 1.81. The predicted octanol–water partition coefficient (Wildman–Crippen LogP) is 3.28. The molecule has 1 fully saturated rings. The summed E-state index contributed by atoms with van der Waals surface area (Å²) < 4.78 is 0. The summed E-state index contributed by atoms with van der Waals surface area (Å²) >= 11 is 0. The van der Waals surface area contributed by atoms with Crippen LogP contribution in [0.1, 0.15) is 43.0 Å². The van der Waals surface area contributed by atoms with Crippen molar-refractivity contribution in [2.75, 3.05) is 18.9 Å². The third-order valence-electron chi connectivity index (χ3n) is 4.10. The highest BCUT2D eigenvalue weighted by atomic mass is 16.1. The maximum Gasteiger partial charge on any atom is 0.251 e. The Balaban J connectivity index is 1.81. The SMILES string of the molecule is CNC(=O)c1ccc(NCC2CCC(C)CC2)cc1. The first-order chi connectivity index (χ1) is 9.19. The summed E-state index contributed by atoms with van der Waals surface area (Å²) in [4.78, 5) is 11.4. The minimum Gasteiger partial charge on any atom is -0.385 e. The maximum atomic E-state index is 11.4. The number of hydrogen-bond acceptors (Lipinski definition) is 2. The van der Waals surface area contributed by atoms with Gasteiger partial charge in [-0.3, -0.25) is 4.79 Å². The standard InChI is InChI=1S/C16H24N2O/c1-12-3-5-13(6-4-12)11-18-15-9-7-14(8-10-15)16(19)17-2/h7-10,12-13,18H,3-6,11H2,1-2H3,(H,17,19). The molecule has 0 unspecified atom stereocenters. The summed E-state index contributed by atoms with van der Waals surface area (Å²) in [6.45, 7) is 3.40. The first kappa shape index (κ1) is 13.9. The van der Waals surface area contributed by atoms with Crippen LogP contribution in [-0.4, -0.2) is 19.5 Å². The van der Waals surface area contributed by atoms with E-state index in [9.17, 15) is 4.79 Å². The summed E-state index contributed by atoms with van der Waals surface area (Å²) in [6.07, 6.45) is 5.40. The lowest BCUT2D eigenvalue weighted by molar-refractivity contribution is 0.0963. The van der Waals surface area contributed by atoms with Crippen molar-refractivity contribution >= 4 is 11.6 Å². The lowest BCUT2D eigenvalue weighted by atomic mass is 9.83. The van der Waals surface area contributed by atoms with E-state index >= 15 is 0 Å². The van der Waals surface area contributed by atoms with E-state index in [1.54, 1.807) is 7.05 Å². The lowest BCUT2D eigenvalue weighted by Crippen LogP contribution is -2.20. The molecule has 1 aliphatic carbocycles. The van der Waals surface area contributed by atoms with Gasteiger partial charge in [0.25, 0.3) is 5.91 Å². The number of nitrogens with one attached hydrogen (secondary N) is 2. The number of carbonyl (C=O) groups is 1. The molecule has 2 rings (SSSR count). The summed E-state index contributed by atoms with van der Waals surface area (Å²) in [6, 6.07) is 7.69. The number of carbonyl (C=O) groups excluding carboxylic acids is 1. The number of benzene rings is 1. The van der Waals surface area contributed by atoms with Gasteiger partial charge in [-0.05, 0) is 48.9 Å². The van der Waals surface area contributed by atoms with E-state index in [4.69, 9.17) is 0 Å². The van der Waals surface area contributed by atoms with Crippen molar-refractivity contribution in [2.45, 2.75) is 32.6 Å². The molecular formula is C16H24N2O. The zero-order chi connectivity index (χ0) is 13.7. The largest absolute Gasteiger partial charge is 0.385 e. The van der Waals surface area contributed by atoms with Gasteiger partial charge in [0.1, 0.15) is 0 Å². The van der Waals surface area contributed by atoms with E-state index in [-0.39, 0.29) is 5.91 Å². The molecule has 0 saturated heterocycles. The second-order valence-electron chi connectivity index (χ2n) is 5.66. The van der Waals surface area contributed by atoms with Gasteiger partial charge in [0, 0.05) is 24.8 Å². The quantitative estimate of drug-likeness (QED) is 0.872. The molecule has 0 bridgehead atoms.